The number of rotatable bonds is 3. The molecule has 0 aliphatic carbocycles. The highest BCUT2D eigenvalue weighted by Crippen LogP contribution is 2.23. The molecule has 0 bridgehead atoms. The molecule has 5 nitrogen and oxygen atoms in total. The molecule has 0 radical (unpaired) electrons. The van der Waals surface area contributed by atoms with E-state index in [0.29, 0.717) is 13.0 Å². The monoisotopic (exact) mass is 238 g/mol. The molecular formula is C12H18N2O3. The normalized spacial score (nSPS) is 21.1. The molecule has 1 amide bonds. The molecule has 1 saturated heterocycles. The van der Waals surface area contributed by atoms with Gasteiger partial charge in [-0.1, -0.05) is 13.8 Å². The van der Waals surface area contributed by atoms with Crippen LogP contribution in [0, 0.1) is 23.2 Å². The van der Waals surface area contributed by atoms with E-state index in [4.69, 9.17) is 5.26 Å². The number of hydrogen-bond donors (Lipinski definition) is 0. The van der Waals surface area contributed by atoms with Gasteiger partial charge in [-0.2, -0.15) is 5.26 Å². The largest absolute Gasteiger partial charge is 0.467 e. The molecule has 2 unspecified atom stereocenters. The van der Waals surface area contributed by atoms with Gasteiger partial charge in [-0.25, -0.2) is 4.79 Å². The summed E-state index contributed by atoms with van der Waals surface area (Å²) in [6.45, 7) is 4.19. The van der Waals surface area contributed by atoms with Crippen molar-refractivity contribution in [1.29, 1.82) is 5.26 Å². The number of carbonyl (C=O) groups is 2. The summed E-state index contributed by atoms with van der Waals surface area (Å²) in [6.07, 6.45) is 1.40. The highest BCUT2D eigenvalue weighted by Gasteiger charge is 2.38. The SMILES string of the molecule is COC(=O)C1CCCN1C(=O)C(C#N)C(C)C. The minimum absolute atomic E-state index is 0.0496. The second-order valence-electron chi connectivity index (χ2n) is 4.56. The van der Waals surface area contributed by atoms with Gasteiger partial charge >= 0.3 is 5.97 Å². The average Bonchev–Trinajstić information content (AvgIpc) is 2.77. The van der Waals surface area contributed by atoms with Gasteiger partial charge in [0.15, 0.2) is 0 Å². The standard InChI is InChI=1S/C12H18N2O3/c1-8(2)9(7-13)11(15)14-6-4-5-10(14)12(16)17-3/h8-10H,4-6H2,1-3H3. The van der Waals surface area contributed by atoms with Gasteiger partial charge in [0.1, 0.15) is 12.0 Å². The molecular weight excluding hydrogens is 220 g/mol. The second kappa shape index (κ2) is 5.67. The summed E-state index contributed by atoms with van der Waals surface area (Å²) in [7, 11) is 1.31. The van der Waals surface area contributed by atoms with E-state index in [9.17, 15) is 9.59 Å². The van der Waals surface area contributed by atoms with Crippen molar-refractivity contribution in [3.63, 3.8) is 0 Å². The molecule has 1 rings (SSSR count). The molecule has 5 heteroatoms. The minimum Gasteiger partial charge on any atom is -0.467 e. The maximum atomic E-state index is 12.1. The summed E-state index contributed by atoms with van der Waals surface area (Å²) in [5.41, 5.74) is 0. The zero-order valence-corrected chi connectivity index (χ0v) is 10.5. The molecule has 17 heavy (non-hydrogen) atoms. The van der Waals surface area contributed by atoms with Crippen LogP contribution in [0.3, 0.4) is 0 Å². The Morgan fingerprint density at radius 3 is 2.59 bits per heavy atom. The molecule has 2 atom stereocenters. The molecule has 1 aliphatic heterocycles. The Labute approximate surface area is 101 Å². The van der Waals surface area contributed by atoms with E-state index < -0.39 is 17.9 Å². The van der Waals surface area contributed by atoms with E-state index in [0.717, 1.165) is 6.42 Å². The minimum atomic E-state index is -0.680. The summed E-state index contributed by atoms with van der Waals surface area (Å²) >= 11 is 0. The van der Waals surface area contributed by atoms with Gasteiger partial charge in [0.25, 0.3) is 0 Å². The van der Waals surface area contributed by atoms with Gasteiger partial charge in [-0.3, -0.25) is 4.79 Å². The first-order chi connectivity index (χ1) is 8.02. The number of hydrogen-bond acceptors (Lipinski definition) is 4. The average molecular weight is 238 g/mol. The molecule has 1 heterocycles. The van der Waals surface area contributed by atoms with Crippen LogP contribution in [0.1, 0.15) is 26.7 Å². The first kappa shape index (κ1) is 13.5. The smallest absolute Gasteiger partial charge is 0.328 e. The molecule has 94 valence electrons. The Kier molecular flexibility index (Phi) is 4.50. The topological polar surface area (TPSA) is 70.4 Å². The van der Waals surface area contributed by atoms with Crippen LogP contribution in [0.4, 0.5) is 0 Å². The van der Waals surface area contributed by atoms with E-state index in [1.54, 1.807) is 0 Å². The van der Waals surface area contributed by atoms with Gasteiger partial charge in [-0.15, -0.1) is 0 Å². The third kappa shape index (κ3) is 2.76. The molecule has 0 aromatic heterocycles. The highest BCUT2D eigenvalue weighted by atomic mass is 16.5. The Balaban J connectivity index is 2.81. The van der Waals surface area contributed by atoms with Gasteiger partial charge in [0.2, 0.25) is 5.91 Å². The fourth-order valence-corrected chi connectivity index (χ4v) is 2.08. The first-order valence-corrected chi connectivity index (χ1v) is 5.80. The first-order valence-electron chi connectivity index (χ1n) is 5.80. The predicted octanol–water partition coefficient (Wildman–Crippen LogP) is 0.946. The number of nitriles is 1. The van der Waals surface area contributed by atoms with Crippen LogP contribution in [0.5, 0.6) is 0 Å². The number of likely N-dealkylation sites (tertiary alicyclic amines) is 1. The maximum absolute atomic E-state index is 12.1. The van der Waals surface area contributed by atoms with E-state index in [-0.39, 0.29) is 11.8 Å². The molecule has 0 aromatic carbocycles. The van der Waals surface area contributed by atoms with Crippen molar-refractivity contribution in [2.24, 2.45) is 11.8 Å². The number of amides is 1. The van der Waals surface area contributed by atoms with Crippen LogP contribution < -0.4 is 0 Å². The highest BCUT2D eigenvalue weighted by molar-refractivity contribution is 5.87. The zero-order chi connectivity index (χ0) is 13.0. The van der Waals surface area contributed by atoms with Gasteiger partial charge in [-0.05, 0) is 18.8 Å². The van der Waals surface area contributed by atoms with Gasteiger partial charge in [0.05, 0.1) is 13.2 Å². The van der Waals surface area contributed by atoms with Crippen LogP contribution >= 0.6 is 0 Å². The Bertz CT molecular complexity index is 346. The number of esters is 1. The number of nitrogens with zero attached hydrogens (tertiary/aromatic N) is 2. The quantitative estimate of drug-likeness (QED) is 0.686. The lowest BCUT2D eigenvalue weighted by atomic mass is 9.95. The molecule has 0 spiro atoms. The number of carbonyl (C=O) groups excluding carboxylic acids is 2. The predicted molar refractivity (Wildman–Crippen MR) is 60.7 cm³/mol. The lowest BCUT2D eigenvalue weighted by molar-refractivity contribution is -0.152. The number of ether oxygens (including phenoxy) is 1. The summed E-state index contributed by atoms with van der Waals surface area (Å²) in [4.78, 5) is 25.1. The van der Waals surface area contributed by atoms with Crippen molar-refractivity contribution in [1.82, 2.24) is 4.90 Å². The summed E-state index contributed by atoms with van der Waals surface area (Å²) < 4.78 is 4.67. The van der Waals surface area contributed by atoms with Crippen molar-refractivity contribution in [2.75, 3.05) is 13.7 Å². The molecule has 0 N–H and O–H groups in total. The van der Waals surface area contributed by atoms with Crippen molar-refractivity contribution < 1.29 is 14.3 Å². The third-order valence-corrected chi connectivity index (χ3v) is 3.08. The van der Waals surface area contributed by atoms with Crippen LogP contribution in [0.25, 0.3) is 0 Å². The summed E-state index contributed by atoms with van der Waals surface area (Å²) in [5, 5.41) is 9.00. The summed E-state index contributed by atoms with van der Waals surface area (Å²) in [5.74, 6) is -1.38. The second-order valence-corrected chi connectivity index (χ2v) is 4.56. The Hall–Kier alpha value is -1.57. The maximum Gasteiger partial charge on any atom is 0.328 e. The van der Waals surface area contributed by atoms with Crippen LogP contribution in [0.15, 0.2) is 0 Å². The van der Waals surface area contributed by atoms with Crippen LogP contribution in [-0.4, -0.2) is 36.5 Å². The van der Waals surface area contributed by atoms with E-state index in [1.165, 1.54) is 12.0 Å². The molecule has 1 fully saturated rings. The summed E-state index contributed by atoms with van der Waals surface area (Å²) in [6, 6.07) is 1.50. The molecule has 0 saturated carbocycles. The van der Waals surface area contributed by atoms with E-state index in [2.05, 4.69) is 4.74 Å². The van der Waals surface area contributed by atoms with Gasteiger partial charge < -0.3 is 9.64 Å². The zero-order valence-electron chi connectivity index (χ0n) is 10.5. The fraction of sp³-hybridized carbons (Fsp3) is 0.750. The molecule has 1 aliphatic rings. The number of methoxy groups -OCH3 is 1. The van der Waals surface area contributed by atoms with Crippen LogP contribution in [0.2, 0.25) is 0 Å². The van der Waals surface area contributed by atoms with Crippen molar-refractivity contribution in [2.45, 2.75) is 32.7 Å². The van der Waals surface area contributed by atoms with E-state index >= 15 is 0 Å². The lowest BCUT2D eigenvalue weighted by Crippen LogP contribution is -2.44. The van der Waals surface area contributed by atoms with Crippen LogP contribution in [-0.2, 0) is 14.3 Å². The van der Waals surface area contributed by atoms with Crippen molar-refractivity contribution >= 4 is 11.9 Å². The molecule has 0 aromatic rings. The van der Waals surface area contributed by atoms with Gasteiger partial charge in [0, 0.05) is 6.54 Å². The van der Waals surface area contributed by atoms with E-state index in [1.807, 2.05) is 19.9 Å². The Morgan fingerprint density at radius 1 is 1.47 bits per heavy atom. The Morgan fingerprint density at radius 2 is 2.12 bits per heavy atom. The third-order valence-electron chi connectivity index (χ3n) is 3.08. The van der Waals surface area contributed by atoms with Crippen molar-refractivity contribution in [3.05, 3.63) is 0 Å². The van der Waals surface area contributed by atoms with Crippen molar-refractivity contribution in [3.8, 4) is 6.07 Å². The lowest BCUT2D eigenvalue weighted by Gasteiger charge is -2.26. The fourth-order valence-electron chi connectivity index (χ4n) is 2.08.